The van der Waals surface area contributed by atoms with Gasteiger partial charge in [0.25, 0.3) is 0 Å². The first-order valence-electron chi connectivity index (χ1n) is 20.8. The highest BCUT2D eigenvalue weighted by Crippen LogP contribution is 2.52. The van der Waals surface area contributed by atoms with Crippen LogP contribution in [0.5, 0.6) is 0 Å². The van der Waals surface area contributed by atoms with E-state index in [1.54, 1.807) is 0 Å². The molecule has 0 aliphatic heterocycles. The number of hydrogen-bond acceptors (Lipinski definition) is 4. The van der Waals surface area contributed by atoms with Gasteiger partial charge < -0.3 is 0 Å². The molecular formula is C58H34N4. The third kappa shape index (κ3) is 5.87. The van der Waals surface area contributed by atoms with Crippen LogP contribution in [0.25, 0.3) is 122 Å². The molecule has 0 atom stereocenters. The summed E-state index contributed by atoms with van der Waals surface area (Å²) in [5, 5.41) is 16.6. The number of fused-ring (bicyclic) bond motifs is 6. The molecule has 12 rings (SSSR count). The van der Waals surface area contributed by atoms with Gasteiger partial charge in [0.15, 0.2) is 17.5 Å². The zero-order valence-electron chi connectivity index (χ0n) is 33.4. The minimum atomic E-state index is 0.634. The predicted octanol–water partition coefficient (Wildman–Crippen LogP) is 14.9. The Hall–Kier alpha value is -8.52. The summed E-state index contributed by atoms with van der Waals surface area (Å²) in [6, 6.07) is 74.9. The molecule has 0 N–H and O–H groups in total. The molecule has 1 aliphatic carbocycles. The van der Waals surface area contributed by atoms with Crippen LogP contribution >= 0.6 is 0 Å². The van der Waals surface area contributed by atoms with Gasteiger partial charge in [0.2, 0.25) is 0 Å². The molecule has 1 aliphatic rings. The molecule has 10 aromatic carbocycles. The van der Waals surface area contributed by atoms with Crippen molar-refractivity contribution in [1.29, 1.82) is 5.26 Å². The summed E-state index contributed by atoms with van der Waals surface area (Å²) in [6.45, 7) is 0. The Bertz CT molecular complexity index is 3520. The molecule has 0 saturated carbocycles. The molecule has 1 heterocycles. The molecule has 11 aromatic rings. The number of rotatable bonds is 6. The summed E-state index contributed by atoms with van der Waals surface area (Å²) in [7, 11) is 0. The zero-order valence-corrected chi connectivity index (χ0v) is 33.4. The number of aromatic nitrogens is 3. The Morgan fingerprint density at radius 3 is 1.24 bits per heavy atom. The van der Waals surface area contributed by atoms with Crippen molar-refractivity contribution in [2.75, 3.05) is 0 Å². The summed E-state index contributed by atoms with van der Waals surface area (Å²) in [5.41, 5.74) is 15.5. The van der Waals surface area contributed by atoms with E-state index < -0.39 is 0 Å². The van der Waals surface area contributed by atoms with E-state index in [0.717, 1.165) is 33.4 Å². The van der Waals surface area contributed by atoms with E-state index in [-0.39, 0.29) is 0 Å². The van der Waals surface area contributed by atoms with E-state index in [2.05, 4.69) is 127 Å². The van der Waals surface area contributed by atoms with Crippen molar-refractivity contribution in [3.63, 3.8) is 0 Å². The third-order valence-electron chi connectivity index (χ3n) is 12.3. The highest BCUT2D eigenvalue weighted by molar-refractivity contribution is 6.23. The molecule has 0 radical (unpaired) electrons. The topological polar surface area (TPSA) is 62.5 Å². The van der Waals surface area contributed by atoms with Crippen LogP contribution in [0, 0.1) is 11.3 Å². The molecular weight excluding hydrogens is 753 g/mol. The summed E-state index contributed by atoms with van der Waals surface area (Å²) in [5.74, 6) is 1.92. The Morgan fingerprint density at radius 1 is 0.290 bits per heavy atom. The van der Waals surface area contributed by atoms with Crippen LogP contribution < -0.4 is 0 Å². The lowest BCUT2D eigenvalue weighted by molar-refractivity contribution is 1.07. The molecule has 0 fully saturated rings. The standard InChI is InChI=1S/C58H34N4/c59-35-36-15-17-37(18-16-36)42-25-27-46-43(33-42)23-24-44-34-45(26-28-47(44)46)49-30-32-53-51-14-8-7-13-50(51)52-31-29-48(54(49)55(52)53)38-19-21-41(22-20-38)58-61-56(39-9-3-1-4-10-39)60-57(62-58)40-11-5-2-6-12-40/h1-34H. The van der Waals surface area contributed by atoms with Crippen LogP contribution in [-0.4, -0.2) is 15.0 Å². The van der Waals surface area contributed by atoms with Gasteiger partial charge in [0.05, 0.1) is 11.6 Å². The van der Waals surface area contributed by atoms with E-state index in [0.29, 0.717) is 23.0 Å². The summed E-state index contributed by atoms with van der Waals surface area (Å²) < 4.78 is 0. The van der Waals surface area contributed by atoms with E-state index in [1.807, 2.05) is 84.9 Å². The van der Waals surface area contributed by atoms with Crippen LogP contribution in [-0.2, 0) is 0 Å². The quantitative estimate of drug-likeness (QED) is 0.158. The van der Waals surface area contributed by atoms with E-state index >= 15 is 0 Å². The van der Waals surface area contributed by atoms with Crippen LogP contribution in [0.4, 0.5) is 0 Å². The summed E-state index contributed by atoms with van der Waals surface area (Å²) in [4.78, 5) is 14.9. The maximum absolute atomic E-state index is 9.28. The fourth-order valence-electron chi connectivity index (χ4n) is 9.27. The van der Waals surface area contributed by atoms with E-state index in [1.165, 1.54) is 71.3 Å². The van der Waals surface area contributed by atoms with Crippen molar-refractivity contribution in [2.45, 2.75) is 0 Å². The predicted molar refractivity (Wildman–Crippen MR) is 254 cm³/mol. The van der Waals surface area contributed by atoms with Crippen molar-refractivity contribution >= 4 is 32.3 Å². The Kier molecular flexibility index (Phi) is 8.19. The van der Waals surface area contributed by atoms with Crippen molar-refractivity contribution in [3.05, 3.63) is 212 Å². The normalized spacial score (nSPS) is 11.5. The third-order valence-corrected chi connectivity index (χ3v) is 12.3. The first-order valence-corrected chi connectivity index (χ1v) is 20.8. The Labute approximate surface area is 358 Å². The average molecular weight is 787 g/mol. The van der Waals surface area contributed by atoms with Crippen LogP contribution in [0.15, 0.2) is 206 Å². The minimum Gasteiger partial charge on any atom is -0.208 e. The fraction of sp³-hybridized carbons (Fsp3) is 0. The number of nitrogens with zero attached hydrogens (tertiary/aromatic N) is 4. The number of benzene rings is 10. The van der Waals surface area contributed by atoms with Gasteiger partial charge in [-0.1, -0.05) is 182 Å². The van der Waals surface area contributed by atoms with Gasteiger partial charge in [-0.2, -0.15) is 5.26 Å². The van der Waals surface area contributed by atoms with Gasteiger partial charge in [0.1, 0.15) is 0 Å². The van der Waals surface area contributed by atoms with E-state index in [9.17, 15) is 5.26 Å². The van der Waals surface area contributed by atoms with Crippen molar-refractivity contribution in [3.8, 4) is 95.9 Å². The molecule has 0 bridgehead atoms. The molecule has 62 heavy (non-hydrogen) atoms. The van der Waals surface area contributed by atoms with Gasteiger partial charge in [-0.3, -0.25) is 0 Å². The maximum Gasteiger partial charge on any atom is 0.164 e. The number of hydrogen-bond donors (Lipinski definition) is 0. The van der Waals surface area contributed by atoms with Crippen LogP contribution in [0.3, 0.4) is 0 Å². The lowest BCUT2D eigenvalue weighted by Gasteiger charge is -2.16. The second-order valence-corrected chi connectivity index (χ2v) is 15.9. The Morgan fingerprint density at radius 2 is 0.694 bits per heavy atom. The smallest absolute Gasteiger partial charge is 0.164 e. The van der Waals surface area contributed by atoms with Crippen LogP contribution in [0.1, 0.15) is 5.56 Å². The van der Waals surface area contributed by atoms with Gasteiger partial charge in [-0.25, -0.2) is 15.0 Å². The highest BCUT2D eigenvalue weighted by atomic mass is 15.0. The SMILES string of the molecule is N#Cc1ccc(-c2ccc3c(ccc4cc(-c5ccc6c7c(ccc(-c8ccc(-c9nc(-c%10ccccc%10)nc(-c%10ccccc%10)n9)cc8)c57)-c5ccccc5-6)ccc43)c2)cc1. The van der Waals surface area contributed by atoms with Crippen molar-refractivity contribution in [1.82, 2.24) is 15.0 Å². The minimum absolute atomic E-state index is 0.634. The van der Waals surface area contributed by atoms with Gasteiger partial charge in [0, 0.05) is 16.7 Å². The largest absolute Gasteiger partial charge is 0.208 e. The summed E-state index contributed by atoms with van der Waals surface area (Å²) in [6.07, 6.45) is 0. The van der Waals surface area contributed by atoms with Gasteiger partial charge >= 0.3 is 0 Å². The molecule has 4 nitrogen and oxygen atoms in total. The molecule has 0 saturated heterocycles. The lowest BCUT2D eigenvalue weighted by atomic mass is 9.87. The van der Waals surface area contributed by atoms with Gasteiger partial charge in [-0.05, 0) is 112 Å². The zero-order chi connectivity index (χ0) is 41.1. The second kappa shape index (κ2) is 14.3. The molecule has 1 aromatic heterocycles. The van der Waals surface area contributed by atoms with E-state index in [4.69, 9.17) is 15.0 Å². The maximum atomic E-state index is 9.28. The molecule has 0 unspecified atom stereocenters. The molecule has 286 valence electrons. The fourth-order valence-corrected chi connectivity index (χ4v) is 9.27. The molecule has 4 heteroatoms. The first kappa shape index (κ1) is 35.4. The second-order valence-electron chi connectivity index (χ2n) is 15.9. The Balaban J connectivity index is 0.983. The first-order chi connectivity index (χ1) is 30.7. The highest BCUT2D eigenvalue weighted by Gasteiger charge is 2.25. The monoisotopic (exact) mass is 786 g/mol. The van der Waals surface area contributed by atoms with Crippen LogP contribution in [0.2, 0.25) is 0 Å². The average Bonchev–Trinajstić information content (AvgIpc) is 3.68. The van der Waals surface area contributed by atoms with Gasteiger partial charge in [-0.15, -0.1) is 0 Å². The van der Waals surface area contributed by atoms with Crippen molar-refractivity contribution in [2.24, 2.45) is 0 Å². The number of nitriles is 1. The molecule has 0 amide bonds. The summed E-state index contributed by atoms with van der Waals surface area (Å²) >= 11 is 0. The van der Waals surface area contributed by atoms with Crippen molar-refractivity contribution < 1.29 is 0 Å². The lowest BCUT2D eigenvalue weighted by Crippen LogP contribution is -2.00. The molecule has 0 spiro atoms.